The van der Waals surface area contributed by atoms with Gasteiger partial charge in [0.25, 0.3) is 0 Å². The van der Waals surface area contributed by atoms with Gasteiger partial charge in [0.2, 0.25) is 0 Å². The van der Waals surface area contributed by atoms with Gasteiger partial charge in [0, 0.05) is 0 Å². The Kier molecular flexibility index (Phi) is 43.0. The molecule has 168 valence electrons. The molecule has 0 aromatic carbocycles. The Balaban J connectivity index is -0.000000329. The number of nitrogens with two attached hydrogens (primary N) is 3. The maximum Gasteiger partial charge on any atom is -0.00773 e. The number of hydrogen-bond donors (Lipinski definition) is 3. The third kappa shape index (κ3) is 46.2. The summed E-state index contributed by atoms with van der Waals surface area (Å²) in [4.78, 5) is 0. The first-order valence-corrected chi connectivity index (χ1v) is 12.3. The molecule has 0 radical (unpaired) electrons. The van der Waals surface area contributed by atoms with E-state index in [9.17, 15) is 0 Å². The second-order valence-electron chi connectivity index (χ2n) is 7.67. The van der Waals surface area contributed by atoms with Crippen molar-refractivity contribution in [3.63, 3.8) is 0 Å². The van der Waals surface area contributed by atoms with Gasteiger partial charge in [-0.3, -0.25) is 0 Å². The maximum absolute atomic E-state index is 5.39. The molecule has 0 aliphatic rings. The first-order valence-electron chi connectivity index (χ1n) is 12.3. The van der Waals surface area contributed by atoms with Gasteiger partial charge in [0.05, 0.1) is 0 Å². The zero-order valence-electron chi connectivity index (χ0n) is 19.6. The van der Waals surface area contributed by atoms with E-state index >= 15 is 0 Å². The Morgan fingerprint density at radius 2 is 0.481 bits per heavy atom. The van der Waals surface area contributed by atoms with Crippen molar-refractivity contribution in [3.8, 4) is 0 Å². The lowest BCUT2D eigenvalue weighted by Crippen LogP contribution is -1.97. The van der Waals surface area contributed by atoms with Gasteiger partial charge in [-0.25, -0.2) is 0 Å². The molecular formula is C24H57N3. The molecule has 0 unspecified atom stereocenters. The van der Waals surface area contributed by atoms with E-state index < -0.39 is 0 Å². The Labute approximate surface area is 173 Å². The summed E-state index contributed by atoms with van der Waals surface area (Å²) < 4.78 is 0. The Morgan fingerprint density at radius 1 is 0.296 bits per heavy atom. The summed E-state index contributed by atoms with van der Waals surface area (Å²) in [6.45, 7) is 9.30. The second-order valence-corrected chi connectivity index (χ2v) is 7.67. The zero-order valence-corrected chi connectivity index (χ0v) is 19.6. The van der Waals surface area contributed by atoms with Crippen LogP contribution in [0.1, 0.15) is 136 Å². The summed E-state index contributed by atoms with van der Waals surface area (Å²) >= 11 is 0. The van der Waals surface area contributed by atoms with Gasteiger partial charge in [-0.05, 0) is 38.9 Å². The highest BCUT2D eigenvalue weighted by atomic mass is 14.5. The largest absolute Gasteiger partial charge is 0.330 e. The molecule has 27 heavy (non-hydrogen) atoms. The molecule has 0 spiro atoms. The van der Waals surface area contributed by atoms with Crippen molar-refractivity contribution in [1.82, 2.24) is 0 Å². The summed E-state index contributed by atoms with van der Waals surface area (Å²) in [5.41, 5.74) is 16.0. The second kappa shape index (κ2) is 36.7. The van der Waals surface area contributed by atoms with Gasteiger partial charge in [-0.15, -0.1) is 0 Å². The Morgan fingerprint density at radius 3 is 0.704 bits per heavy atom. The number of rotatable bonds is 18. The van der Waals surface area contributed by atoms with Crippen molar-refractivity contribution in [3.05, 3.63) is 0 Å². The van der Waals surface area contributed by atoms with Gasteiger partial charge in [-0.2, -0.15) is 0 Å². The smallest absolute Gasteiger partial charge is 0.00773 e. The quantitative estimate of drug-likeness (QED) is 0.223. The third-order valence-corrected chi connectivity index (χ3v) is 4.67. The van der Waals surface area contributed by atoms with Crippen LogP contribution in [-0.4, -0.2) is 19.6 Å². The molecule has 0 saturated heterocycles. The molecular weight excluding hydrogens is 330 g/mol. The minimum absolute atomic E-state index is 0.861. The van der Waals surface area contributed by atoms with E-state index in [2.05, 4.69) is 20.8 Å². The van der Waals surface area contributed by atoms with Crippen LogP contribution < -0.4 is 17.2 Å². The van der Waals surface area contributed by atoms with E-state index in [1.54, 1.807) is 0 Å². The highest BCUT2D eigenvalue weighted by Crippen LogP contribution is 2.07. The molecule has 0 fully saturated rings. The SMILES string of the molecule is CCCCCCCCCCN.CCCCCCCCN.CCCCCCN. The fourth-order valence-electron chi connectivity index (χ4n) is 2.77. The van der Waals surface area contributed by atoms with Crippen LogP contribution in [0.2, 0.25) is 0 Å². The minimum atomic E-state index is 0.861. The molecule has 3 nitrogen and oxygen atoms in total. The predicted octanol–water partition coefficient (Wildman–Crippen LogP) is 6.92. The van der Waals surface area contributed by atoms with Gasteiger partial charge >= 0.3 is 0 Å². The normalized spacial score (nSPS) is 10.0. The van der Waals surface area contributed by atoms with Crippen LogP contribution in [0.3, 0.4) is 0 Å². The average Bonchev–Trinajstić information content (AvgIpc) is 2.69. The van der Waals surface area contributed by atoms with Crippen LogP contribution in [0.5, 0.6) is 0 Å². The Hall–Kier alpha value is -0.120. The number of unbranched alkanes of at least 4 members (excludes halogenated alkanes) is 15. The lowest BCUT2D eigenvalue weighted by Gasteiger charge is -1.99. The van der Waals surface area contributed by atoms with E-state index in [0.29, 0.717) is 0 Å². The van der Waals surface area contributed by atoms with Crippen molar-refractivity contribution in [1.29, 1.82) is 0 Å². The standard InChI is InChI=1S/C10H23N.C8H19N.C6H15N/c1-2-3-4-5-6-7-8-9-10-11;1-2-3-4-5-6-7-8-9;1-2-3-4-5-6-7/h2-11H2,1H3;2-9H2,1H3;2-7H2,1H3. The van der Waals surface area contributed by atoms with E-state index in [4.69, 9.17) is 17.2 Å². The Bertz CT molecular complexity index is 180. The van der Waals surface area contributed by atoms with Crippen LogP contribution in [0.4, 0.5) is 0 Å². The molecule has 0 aliphatic heterocycles. The van der Waals surface area contributed by atoms with E-state index in [-0.39, 0.29) is 0 Å². The van der Waals surface area contributed by atoms with Crippen LogP contribution in [0.25, 0.3) is 0 Å². The summed E-state index contributed by atoms with van der Waals surface area (Å²) in [5.74, 6) is 0. The fourth-order valence-corrected chi connectivity index (χ4v) is 2.77. The molecule has 0 saturated carbocycles. The molecule has 0 aromatic rings. The zero-order chi connectivity index (χ0) is 20.8. The van der Waals surface area contributed by atoms with Crippen molar-refractivity contribution >= 4 is 0 Å². The summed E-state index contributed by atoms with van der Waals surface area (Å²) in [6.07, 6.45) is 24.2. The predicted molar refractivity (Wildman–Crippen MR) is 127 cm³/mol. The van der Waals surface area contributed by atoms with Crippen molar-refractivity contribution < 1.29 is 0 Å². The highest BCUT2D eigenvalue weighted by molar-refractivity contribution is 4.46. The van der Waals surface area contributed by atoms with E-state index in [0.717, 1.165) is 19.6 Å². The molecule has 0 aromatic heterocycles. The van der Waals surface area contributed by atoms with E-state index in [1.807, 2.05) is 0 Å². The van der Waals surface area contributed by atoms with Gasteiger partial charge in [0.15, 0.2) is 0 Å². The summed E-state index contributed by atoms with van der Waals surface area (Å²) in [6, 6.07) is 0. The number of hydrogen-bond acceptors (Lipinski definition) is 3. The van der Waals surface area contributed by atoms with Gasteiger partial charge < -0.3 is 17.2 Å². The molecule has 0 rings (SSSR count). The van der Waals surface area contributed by atoms with Crippen molar-refractivity contribution in [2.75, 3.05) is 19.6 Å². The minimum Gasteiger partial charge on any atom is -0.330 e. The fraction of sp³-hybridized carbons (Fsp3) is 1.00. The first-order chi connectivity index (χ1) is 13.2. The molecule has 0 aliphatic carbocycles. The molecule has 0 amide bonds. The highest BCUT2D eigenvalue weighted by Gasteiger charge is 1.89. The maximum atomic E-state index is 5.39. The molecule has 3 heteroatoms. The molecule has 0 bridgehead atoms. The van der Waals surface area contributed by atoms with Gasteiger partial charge in [0.1, 0.15) is 0 Å². The lowest BCUT2D eigenvalue weighted by atomic mass is 10.1. The van der Waals surface area contributed by atoms with Crippen LogP contribution in [-0.2, 0) is 0 Å². The molecule has 0 heterocycles. The van der Waals surface area contributed by atoms with Crippen LogP contribution in [0, 0.1) is 0 Å². The van der Waals surface area contributed by atoms with Crippen molar-refractivity contribution in [2.24, 2.45) is 17.2 Å². The van der Waals surface area contributed by atoms with Crippen LogP contribution >= 0.6 is 0 Å². The monoisotopic (exact) mass is 387 g/mol. The third-order valence-electron chi connectivity index (χ3n) is 4.67. The molecule has 0 atom stereocenters. The van der Waals surface area contributed by atoms with E-state index in [1.165, 1.54) is 116 Å². The first kappa shape index (κ1) is 31.6. The van der Waals surface area contributed by atoms with Crippen molar-refractivity contribution in [2.45, 2.75) is 136 Å². The van der Waals surface area contributed by atoms with Gasteiger partial charge in [-0.1, -0.05) is 117 Å². The average molecular weight is 388 g/mol. The summed E-state index contributed by atoms with van der Waals surface area (Å²) in [7, 11) is 0. The van der Waals surface area contributed by atoms with Crippen LogP contribution in [0.15, 0.2) is 0 Å². The lowest BCUT2D eigenvalue weighted by molar-refractivity contribution is 0.578. The topological polar surface area (TPSA) is 78.1 Å². The molecule has 6 N–H and O–H groups in total. The summed E-state index contributed by atoms with van der Waals surface area (Å²) in [5, 5.41) is 0.